The number of hydrogen-bond donors (Lipinski definition) is 3. The summed E-state index contributed by atoms with van der Waals surface area (Å²) in [5.74, 6) is 1.46. The van der Waals surface area contributed by atoms with E-state index in [9.17, 15) is 15.3 Å². The first-order valence-corrected chi connectivity index (χ1v) is 10.2. The number of piperidine rings is 2. The Morgan fingerprint density at radius 2 is 1.92 bits per heavy atom. The second-order valence-corrected chi connectivity index (χ2v) is 11.1. The van der Waals surface area contributed by atoms with E-state index in [1.807, 2.05) is 0 Å². The maximum Gasteiger partial charge on any atom is 0.123 e. The molecule has 0 aromatic carbocycles. The Morgan fingerprint density at radius 3 is 2.71 bits per heavy atom. The first-order valence-electron chi connectivity index (χ1n) is 10.2. The van der Waals surface area contributed by atoms with Crippen molar-refractivity contribution in [3.8, 4) is 0 Å². The standard InChI is InChI=1S/C20H29NO3/c1-9-10-6-11-14-18-5-3-4-17(2)8-21(14)20(24,16(17)18)7-19(11,15(9)23)13(18)12(10)22/h9-16,22-24H,3-8H2,1-2H3/t9?,10-,11-,12+,13+,14?,15-,16-,17+,18+,19-,20+/m1/s1. The molecule has 4 heteroatoms. The fourth-order valence-electron chi connectivity index (χ4n) is 11.0. The zero-order valence-corrected chi connectivity index (χ0v) is 14.7. The van der Waals surface area contributed by atoms with E-state index in [0.717, 1.165) is 19.4 Å². The Balaban J connectivity index is 1.56. The summed E-state index contributed by atoms with van der Waals surface area (Å²) in [6, 6.07) is 0.418. The Labute approximate surface area is 143 Å². The van der Waals surface area contributed by atoms with E-state index in [0.29, 0.717) is 24.3 Å². The van der Waals surface area contributed by atoms with Crippen molar-refractivity contribution in [3.05, 3.63) is 0 Å². The van der Waals surface area contributed by atoms with E-state index in [4.69, 9.17) is 0 Å². The van der Waals surface area contributed by atoms with E-state index in [-0.39, 0.29) is 46.2 Å². The van der Waals surface area contributed by atoms with Crippen LogP contribution in [0.3, 0.4) is 0 Å². The van der Waals surface area contributed by atoms with Gasteiger partial charge in [-0.25, -0.2) is 0 Å². The predicted molar refractivity (Wildman–Crippen MR) is 86.6 cm³/mol. The second kappa shape index (κ2) is 3.37. The van der Waals surface area contributed by atoms with Gasteiger partial charge < -0.3 is 15.3 Å². The van der Waals surface area contributed by atoms with Crippen LogP contribution in [0.5, 0.6) is 0 Å². The molecule has 9 bridgehead atoms. The van der Waals surface area contributed by atoms with Gasteiger partial charge in [0.2, 0.25) is 0 Å². The highest BCUT2D eigenvalue weighted by atomic mass is 16.3. The molecule has 9 fully saturated rings. The minimum atomic E-state index is -0.711. The van der Waals surface area contributed by atoms with Crippen molar-refractivity contribution in [1.82, 2.24) is 4.90 Å². The van der Waals surface area contributed by atoms with Crippen LogP contribution in [0.4, 0.5) is 0 Å². The van der Waals surface area contributed by atoms with E-state index >= 15 is 0 Å². The summed E-state index contributed by atoms with van der Waals surface area (Å²) in [4.78, 5) is 2.48. The van der Waals surface area contributed by atoms with Crippen LogP contribution in [0.25, 0.3) is 0 Å². The molecule has 9 rings (SSSR count). The van der Waals surface area contributed by atoms with Gasteiger partial charge in [0, 0.05) is 29.8 Å². The van der Waals surface area contributed by atoms with E-state index in [1.165, 1.54) is 12.8 Å². The molecule has 3 aliphatic heterocycles. The van der Waals surface area contributed by atoms with Crippen molar-refractivity contribution in [1.29, 1.82) is 0 Å². The van der Waals surface area contributed by atoms with Gasteiger partial charge in [-0.15, -0.1) is 0 Å². The maximum absolute atomic E-state index is 11.9. The molecule has 13 atom stereocenters. The van der Waals surface area contributed by atoms with Crippen LogP contribution in [-0.4, -0.2) is 50.7 Å². The van der Waals surface area contributed by atoms with E-state index in [2.05, 4.69) is 18.7 Å². The fourth-order valence-corrected chi connectivity index (χ4v) is 11.0. The average molecular weight is 331 g/mol. The van der Waals surface area contributed by atoms with Gasteiger partial charge in [-0.2, -0.15) is 0 Å². The molecule has 2 spiro atoms. The number of aliphatic hydroxyl groups is 3. The van der Waals surface area contributed by atoms with Crippen molar-refractivity contribution in [2.75, 3.05) is 6.54 Å². The average Bonchev–Trinajstić information content (AvgIpc) is 2.88. The van der Waals surface area contributed by atoms with Gasteiger partial charge in [0.1, 0.15) is 5.72 Å². The summed E-state index contributed by atoms with van der Waals surface area (Å²) >= 11 is 0. The molecule has 0 radical (unpaired) electrons. The fraction of sp³-hybridized carbons (Fsp3) is 1.00. The molecule has 6 saturated carbocycles. The van der Waals surface area contributed by atoms with Crippen LogP contribution in [0, 0.1) is 45.8 Å². The van der Waals surface area contributed by atoms with Gasteiger partial charge in [0.25, 0.3) is 0 Å². The maximum atomic E-state index is 11.9. The van der Waals surface area contributed by atoms with Gasteiger partial charge in [0.05, 0.1) is 12.2 Å². The number of fused-ring (bicyclic) bond motifs is 1. The highest BCUT2D eigenvalue weighted by Crippen LogP contribution is 2.88. The minimum Gasteiger partial charge on any atom is -0.392 e. The van der Waals surface area contributed by atoms with Crippen molar-refractivity contribution in [3.63, 3.8) is 0 Å². The first-order chi connectivity index (χ1) is 11.3. The number of rotatable bonds is 0. The van der Waals surface area contributed by atoms with Crippen LogP contribution in [0.1, 0.15) is 46.0 Å². The van der Waals surface area contributed by atoms with Gasteiger partial charge in [-0.3, -0.25) is 4.90 Å². The highest BCUT2D eigenvalue weighted by Gasteiger charge is 2.93. The monoisotopic (exact) mass is 331 g/mol. The summed E-state index contributed by atoms with van der Waals surface area (Å²) in [5.41, 5.74) is -0.656. The molecule has 3 heterocycles. The Kier molecular flexibility index (Phi) is 1.96. The van der Waals surface area contributed by atoms with Crippen LogP contribution in [0.15, 0.2) is 0 Å². The van der Waals surface area contributed by atoms with Crippen molar-refractivity contribution in [2.45, 2.75) is 69.9 Å². The zero-order chi connectivity index (χ0) is 16.4. The first kappa shape index (κ1) is 14.0. The molecule has 3 unspecified atom stereocenters. The molecule has 0 aromatic heterocycles. The van der Waals surface area contributed by atoms with Crippen molar-refractivity contribution >= 4 is 0 Å². The predicted octanol–water partition coefficient (Wildman–Crippen LogP) is 1.19. The molecule has 4 nitrogen and oxygen atoms in total. The lowest BCUT2D eigenvalue weighted by molar-refractivity contribution is -0.302. The van der Waals surface area contributed by atoms with Crippen LogP contribution in [0.2, 0.25) is 0 Å². The van der Waals surface area contributed by atoms with Crippen LogP contribution >= 0.6 is 0 Å². The molecule has 132 valence electrons. The molecule has 3 saturated heterocycles. The molecule has 6 aliphatic carbocycles. The summed E-state index contributed by atoms with van der Waals surface area (Å²) in [7, 11) is 0. The third kappa shape index (κ3) is 0.933. The van der Waals surface area contributed by atoms with Crippen LogP contribution in [-0.2, 0) is 0 Å². The van der Waals surface area contributed by atoms with Gasteiger partial charge >= 0.3 is 0 Å². The van der Waals surface area contributed by atoms with Gasteiger partial charge in [-0.1, -0.05) is 20.3 Å². The number of aliphatic hydroxyl groups excluding tert-OH is 2. The Hall–Kier alpha value is -0.160. The normalized spacial score (nSPS) is 79.1. The number of nitrogens with zero attached hydrogens (tertiary/aromatic N) is 1. The summed E-state index contributed by atoms with van der Waals surface area (Å²) in [6.45, 7) is 5.56. The Bertz CT molecular complexity index is 684. The molecule has 24 heavy (non-hydrogen) atoms. The molecular weight excluding hydrogens is 302 g/mol. The topological polar surface area (TPSA) is 63.9 Å². The molecule has 9 aliphatic rings. The number of hydrogen-bond acceptors (Lipinski definition) is 4. The van der Waals surface area contributed by atoms with E-state index in [1.54, 1.807) is 0 Å². The summed E-state index contributed by atoms with van der Waals surface area (Å²) < 4.78 is 0. The highest BCUT2D eigenvalue weighted by molar-refractivity contribution is 5.41. The van der Waals surface area contributed by atoms with Gasteiger partial charge in [-0.05, 0) is 54.3 Å². The third-order valence-corrected chi connectivity index (χ3v) is 10.8. The SMILES string of the molecule is CC1[C@H]2C[C@@H]3C4N5C[C@]6(C)CCC[C@@]47[C@@H]6[C@@]5(O)C[C@]3([C@@H]1O)[C@H]7[C@H]2O. The lowest BCUT2D eigenvalue weighted by Gasteiger charge is -2.68. The van der Waals surface area contributed by atoms with Gasteiger partial charge in [0.15, 0.2) is 0 Å². The second-order valence-electron chi connectivity index (χ2n) is 11.1. The third-order valence-electron chi connectivity index (χ3n) is 10.8. The largest absolute Gasteiger partial charge is 0.392 e. The quantitative estimate of drug-likeness (QED) is 0.624. The lowest BCUT2D eigenvalue weighted by Crippen LogP contribution is -2.73. The molecule has 0 aromatic rings. The minimum absolute atomic E-state index is 0.0677. The summed E-state index contributed by atoms with van der Waals surface area (Å²) in [6.07, 6.45) is 4.78. The smallest absolute Gasteiger partial charge is 0.123 e. The molecule has 0 amide bonds. The zero-order valence-electron chi connectivity index (χ0n) is 14.7. The Morgan fingerprint density at radius 1 is 1.12 bits per heavy atom. The van der Waals surface area contributed by atoms with Crippen molar-refractivity contribution < 1.29 is 15.3 Å². The molecule has 3 N–H and O–H groups in total. The summed E-state index contributed by atoms with van der Waals surface area (Å²) in [5, 5.41) is 34.6. The molecular formula is C20H29NO3. The lowest BCUT2D eigenvalue weighted by atomic mass is 9.38. The van der Waals surface area contributed by atoms with E-state index < -0.39 is 5.72 Å². The van der Waals surface area contributed by atoms with Crippen LogP contribution < -0.4 is 0 Å². The van der Waals surface area contributed by atoms with Crippen molar-refractivity contribution in [2.24, 2.45) is 45.8 Å².